The first-order chi connectivity index (χ1) is 15.7. The summed E-state index contributed by atoms with van der Waals surface area (Å²) in [5.41, 5.74) is 11.0. The van der Waals surface area contributed by atoms with Crippen LogP contribution < -0.4 is 11.1 Å². The predicted molar refractivity (Wildman–Crippen MR) is 127 cm³/mol. The Morgan fingerprint density at radius 1 is 1.12 bits per heavy atom. The molecular weight excluding hydrogens is 446 g/mol. The van der Waals surface area contributed by atoms with E-state index in [4.69, 9.17) is 17.3 Å². The molecule has 6 nitrogen and oxygen atoms in total. The van der Waals surface area contributed by atoms with E-state index in [1.165, 1.54) is 18.5 Å². The third kappa shape index (κ3) is 4.16. The lowest BCUT2D eigenvalue weighted by atomic mass is 9.88. The average molecular weight is 471 g/mol. The number of aromatic nitrogens is 4. The number of aryl methyl sites for hydroxylation is 1. The summed E-state index contributed by atoms with van der Waals surface area (Å²) >= 11 is 6.65. The Bertz CT molecular complexity index is 1330. The Hall–Kier alpha value is -3.10. The number of fused-ring (bicyclic) bond motifs is 1. The largest absolute Gasteiger partial charge is 0.383 e. The van der Waals surface area contributed by atoms with Gasteiger partial charge in [-0.15, -0.1) is 0 Å². The summed E-state index contributed by atoms with van der Waals surface area (Å²) in [6, 6.07) is 5.01. The smallest absolute Gasteiger partial charge is 0.164 e. The molecule has 1 atom stereocenters. The molecule has 0 bridgehead atoms. The molecule has 172 valence electrons. The molecular formula is C24H25ClF2N6. The summed E-state index contributed by atoms with van der Waals surface area (Å²) in [5, 5.41) is 9.22. The van der Waals surface area contributed by atoms with Crippen molar-refractivity contribution >= 4 is 28.5 Å². The highest BCUT2D eigenvalue weighted by atomic mass is 35.5. The fourth-order valence-corrected chi connectivity index (χ4v) is 4.46. The van der Waals surface area contributed by atoms with Gasteiger partial charge in [-0.1, -0.05) is 18.5 Å². The van der Waals surface area contributed by atoms with E-state index in [1.54, 1.807) is 4.68 Å². The third-order valence-corrected chi connectivity index (χ3v) is 6.29. The molecule has 4 rings (SSSR count). The van der Waals surface area contributed by atoms with E-state index in [0.29, 0.717) is 45.2 Å². The molecule has 0 saturated carbocycles. The highest BCUT2D eigenvalue weighted by molar-refractivity contribution is 6.31. The topological polar surface area (TPSA) is 81.7 Å². The molecule has 0 fully saturated rings. The Balaban J connectivity index is 2.02. The van der Waals surface area contributed by atoms with E-state index in [9.17, 15) is 8.78 Å². The summed E-state index contributed by atoms with van der Waals surface area (Å²) in [4.78, 5) is 8.47. The second-order valence-corrected chi connectivity index (χ2v) is 8.44. The molecule has 2 aromatic heterocycles. The molecule has 0 saturated heterocycles. The zero-order valence-electron chi connectivity index (χ0n) is 18.9. The maximum atomic E-state index is 14.3. The zero-order chi connectivity index (χ0) is 23.9. The first-order valence-corrected chi connectivity index (χ1v) is 11.0. The van der Waals surface area contributed by atoms with Crippen LogP contribution in [0.25, 0.3) is 22.2 Å². The number of hydrogen-bond acceptors (Lipinski definition) is 5. The molecule has 2 aromatic carbocycles. The third-order valence-electron chi connectivity index (χ3n) is 5.90. The second-order valence-electron chi connectivity index (χ2n) is 8.03. The Kier molecular flexibility index (Phi) is 6.32. The van der Waals surface area contributed by atoms with Gasteiger partial charge in [-0.2, -0.15) is 5.10 Å². The monoisotopic (exact) mass is 470 g/mol. The minimum absolute atomic E-state index is 0.346. The predicted octanol–water partition coefficient (Wildman–Crippen LogP) is 5.34. The number of anilines is 1. The van der Waals surface area contributed by atoms with E-state index < -0.39 is 11.6 Å². The number of nitrogens with zero attached hydrogens (tertiary/aromatic N) is 4. The number of benzene rings is 2. The highest BCUT2D eigenvalue weighted by Gasteiger charge is 2.25. The van der Waals surface area contributed by atoms with Crippen molar-refractivity contribution in [3.8, 4) is 11.1 Å². The molecule has 1 unspecified atom stereocenters. The van der Waals surface area contributed by atoms with Crippen LogP contribution in [0.15, 0.2) is 30.6 Å². The maximum absolute atomic E-state index is 14.3. The van der Waals surface area contributed by atoms with Gasteiger partial charge in [0, 0.05) is 17.6 Å². The van der Waals surface area contributed by atoms with Crippen LogP contribution in [0.5, 0.6) is 0 Å². The number of halogens is 3. The first kappa shape index (κ1) is 23.1. The van der Waals surface area contributed by atoms with Gasteiger partial charge in [-0.25, -0.2) is 23.4 Å². The van der Waals surface area contributed by atoms with Crippen molar-refractivity contribution in [3.05, 3.63) is 69.6 Å². The normalized spacial score (nSPS) is 12.5. The number of nitrogens with one attached hydrogen (secondary N) is 1. The Labute approximate surface area is 195 Å². The lowest BCUT2D eigenvalue weighted by Crippen LogP contribution is -2.17. The molecule has 0 amide bonds. The van der Waals surface area contributed by atoms with E-state index >= 15 is 0 Å². The van der Waals surface area contributed by atoms with Crippen LogP contribution in [0.2, 0.25) is 5.02 Å². The van der Waals surface area contributed by atoms with Crippen LogP contribution >= 0.6 is 11.6 Å². The van der Waals surface area contributed by atoms with Gasteiger partial charge in [-0.3, -0.25) is 0 Å². The summed E-state index contributed by atoms with van der Waals surface area (Å²) in [6.45, 7) is 8.91. The SMILES string of the molecule is CCNCc1c(C)c(Cl)cc(C(C)n2nc(C)c3c(N)ncnc32)c1-c1cc(F)cc(F)c1. The zero-order valence-corrected chi connectivity index (χ0v) is 19.6. The van der Waals surface area contributed by atoms with Gasteiger partial charge in [0.15, 0.2) is 5.65 Å². The van der Waals surface area contributed by atoms with E-state index in [-0.39, 0.29) is 6.04 Å². The van der Waals surface area contributed by atoms with E-state index in [0.717, 1.165) is 29.3 Å². The van der Waals surface area contributed by atoms with Gasteiger partial charge in [0.2, 0.25) is 0 Å². The van der Waals surface area contributed by atoms with Crippen LogP contribution in [0.1, 0.15) is 42.3 Å². The lowest BCUT2D eigenvalue weighted by Gasteiger charge is -2.24. The quantitative estimate of drug-likeness (QED) is 0.397. The van der Waals surface area contributed by atoms with Gasteiger partial charge >= 0.3 is 0 Å². The molecule has 3 N–H and O–H groups in total. The molecule has 0 aliphatic heterocycles. The molecule has 0 aliphatic carbocycles. The molecule has 0 spiro atoms. The van der Waals surface area contributed by atoms with Crippen molar-refractivity contribution < 1.29 is 8.78 Å². The van der Waals surface area contributed by atoms with Crippen LogP contribution in [0, 0.1) is 25.5 Å². The minimum Gasteiger partial charge on any atom is -0.383 e. The highest BCUT2D eigenvalue weighted by Crippen LogP contribution is 2.40. The molecule has 0 radical (unpaired) electrons. The average Bonchev–Trinajstić information content (AvgIpc) is 3.11. The van der Waals surface area contributed by atoms with E-state index in [2.05, 4.69) is 20.4 Å². The van der Waals surface area contributed by atoms with Crippen LogP contribution in [-0.4, -0.2) is 26.3 Å². The van der Waals surface area contributed by atoms with Crippen molar-refractivity contribution in [2.24, 2.45) is 0 Å². The van der Waals surface area contributed by atoms with Crippen LogP contribution in [0.3, 0.4) is 0 Å². The minimum atomic E-state index is -0.647. The fraction of sp³-hybridized carbons (Fsp3) is 0.292. The standard InChI is InChI=1S/C24H25ClF2N6/c1-5-29-10-19-12(2)20(25)9-18(22(19)15-6-16(26)8-17(27)7-15)14(4)33-24-21(13(3)32-33)23(28)30-11-31-24/h6-9,11,14,29H,5,10H2,1-4H3,(H2,28,30,31). The van der Waals surface area contributed by atoms with Crippen molar-refractivity contribution in [2.45, 2.75) is 40.3 Å². The first-order valence-electron chi connectivity index (χ1n) is 10.7. The number of hydrogen-bond donors (Lipinski definition) is 2. The van der Waals surface area contributed by atoms with Crippen molar-refractivity contribution in [3.63, 3.8) is 0 Å². The summed E-state index contributed by atoms with van der Waals surface area (Å²) in [7, 11) is 0. The maximum Gasteiger partial charge on any atom is 0.164 e. The molecule has 0 aliphatic rings. The van der Waals surface area contributed by atoms with E-state index in [1.807, 2.05) is 33.8 Å². The molecule has 33 heavy (non-hydrogen) atoms. The summed E-state index contributed by atoms with van der Waals surface area (Å²) in [6.07, 6.45) is 1.39. The number of rotatable bonds is 6. The van der Waals surface area contributed by atoms with Gasteiger partial charge in [0.25, 0.3) is 0 Å². The molecule has 4 aromatic rings. The van der Waals surface area contributed by atoms with Crippen molar-refractivity contribution in [2.75, 3.05) is 12.3 Å². The Morgan fingerprint density at radius 3 is 2.48 bits per heavy atom. The lowest BCUT2D eigenvalue weighted by molar-refractivity contribution is 0.573. The van der Waals surface area contributed by atoms with Gasteiger partial charge in [0.05, 0.1) is 17.1 Å². The summed E-state index contributed by atoms with van der Waals surface area (Å²) in [5.74, 6) is -0.948. The summed E-state index contributed by atoms with van der Waals surface area (Å²) < 4.78 is 30.3. The van der Waals surface area contributed by atoms with Crippen LogP contribution in [0.4, 0.5) is 14.6 Å². The number of nitrogens with two attached hydrogens (primary N) is 1. The second kappa shape index (κ2) is 9.03. The molecule has 2 heterocycles. The Morgan fingerprint density at radius 2 is 1.82 bits per heavy atom. The van der Waals surface area contributed by atoms with Gasteiger partial charge in [0.1, 0.15) is 23.8 Å². The fourth-order valence-electron chi connectivity index (χ4n) is 4.23. The van der Waals surface area contributed by atoms with Crippen molar-refractivity contribution in [1.82, 2.24) is 25.1 Å². The van der Waals surface area contributed by atoms with Crippen molar-refractivity contribution in [1.29, 1.82) is 0 Å². The molecule has 9 heteroatoms. The van der Waals surface area contributed by atoms with Gasteiger partial charge < -0.3 is 11.1 Å². The number of nitrogen functional groups attached to an aromatic ring is 1. The van der Waals surface area contributed by atoms with Crippen LogP contribution in [-0.2, 0) is 6.54 Å². The van der Waals surface area contributed by atoms with Gasteiger partial charge in [-0.05, 0) is 73.3 Å².